The average molecular weight is 156 g/mol. The number of benzene rings is 1. The van der Waals surface area contributed by atoms with Crippen LogP contribution in [0.4, 0.5) is 0 Å². The molecular weight excluding hydrogens is 148 g/mol. The van der Waals surface area contributed by atoms with E-state index in [-0.39, 0.29) is 5.75 Å². The van der Waals surface area contributed by atoms with Gasteiger partial charge < -0.3 is 9.84 Å². The van der Waals surface area contributed by atoms with Gasteiger partial charge in [0.15, 0.2) is 11.5 Å². The molecule has 0 saturated heterocycles. The van der Waals surface area contributed by atoms with Crippen LogP contribution in [0.3, 0.4) is 0 Å². The first kappa shape index (κ1) is 7.28. The lowest BCUT2D eigenvalue weighted by Crippen LogP contribution is -1.82. The number of hydrogen-bond donors (Lipinski definition) is 2. The number of aromatic hydroxyl groups is 1. The van der Waals surface area contributed by atoms with Crippen LogP contribution in [0.25, 0.3) is 0 Å². The Balaban J connectivity index is 3.09. The van der Waals surface area contributed by atoms with Crippen molar-refractivity contribution in [3.05, 3.63) is 18.2 Å². The fourth-order valence-corrected chi connectivity index (χ4v) is 0.858. The number of methoxy groups -OCH3 is 1. The normalized spacial score (nSPS) is 9.40. The van der Waals surface area contributed by atoms with Crippen LogP contribution in [-0.4, -0.2) is 12.2 Å². The van der Waals surface area contributed by atoms with Crippen molar-refractivity contribution in [2.24, 2.45) is 0 Å². The molecular formula is C7H8O2S. The topological polar surface area (TPSA) is 29.5 Å². The van der Waals surface area contributed by atoms with E-state index in [9.17, 15) is 0 Å². The summed E-state index contributed by atoms with van der Waals surface area (Å²) in [6, 6.07) is 4.89. The zero-order valence-corrected chi connectivity index (χ0v) is 6.43. The minimum absolute atomic E-state index is 0.139. The zero-order chi connectivity index (χ0) is 7.56. The molecule has 54 valence electrons. The van der Waals surface area contributed by atoms with Gasteiger partial charge in [-0.1, -0.05) is 0 Å². The molecule has 0 atom stereocenters. The van der Waals surface area contributed by atoms with Gasteiger partial charge in [0.05, 0.1) is 7.11 Å². The van der Waals surface area contributed by atoms with E-state index in [0.717, 1.165) is 4.90 Å². The van der Waals surface area contributed by atoms with Crippen molar-refractivity contribution >= 4 is 12.6 Å². The Hall–Kier alpha value is -0.830. The Morgan fingerprint density at radius 3 is 2.70 bits per heavy atom. The largest absolute Gasteiger partial charge is 0.504 e. The Morgan fingerprint density at radius 1 is 1.50 bits per heavy atom. The Labute approximate surface area is 64.9 Å². The van der Waals surface area contributed by atoms with E-state index >= 15 is 0 Å². The van der Waals surface area contributed by atoms with Crippen molar-refractivity contribution in [1.82, 2.24) is 0 Å². The van der Waals surface area contributed by atoms with E-state index in [1.54, 1.807) is 18.2 Å². The van der Waals surface area contributed by atoms with Gasteiger partial charge in [0.1, 0.15) is 0 Å². The second-order valence-electron chi connectivity index (χ2n) is 1.86. The highest BCUT2D eigenvalue weighted by atomic mass is 32.1. The molecule has 0 saturated carbocycles. The molecule has 0 aliphatic carbocycles. The lowest BCUT2D eigenvalue weighted by molar-refractivity contribution is 0.372. The van der Waals surface area contributed by atoms with E-state index in [1.807, 2.05) is 0 Å². The Bertz CT molecular complexity index is 235. The fourth-order valence-electron chi connectivity index (χ4n) is 0.666. The van der Waals surface area contributed by atoms with Crippen LogP contribution in [0.5, 0.6) is 11.5 Å². The molecule has 0 fully saturated rings. The molecule has 1 aromatic rings. The third-order valence-corrected chi connectivity index (χ3v) is 1.44. The molecule has 0 amide bonds. The van der Waals surface area contributed by atoms with E-state index in [0.29, 0.717) is 5.75 Å². The Morgan fingerprint density at radius 2 is 2.20 bits per heavy atom. The first-order valence-electron chi connectivity index (χ1n) is 2.80. The van der Waals surface area contributed by atoms with Crippen molar-refractivity contribution in [2.45, 2.75) is 4.90 Å². The molecule has 10 heavy (non-hydrogen) atoms. The van der Waals surface area contributed by atoms with Gasteiger partial charge in [0.2, 0.25) is 0 Å². The fraction of sp³-hybridized carbons (Fsp3) is 0.143. The summed E-state index contributed by atoms with van der Waals surface area (Å²) in [5.41, 5.74) is 0. The first-order chi connectivity index (χ1) is 4.74. The molecule has 0 bridgehead atoms. The predicted molar refractivity (Wildman–Crippen MR) is 41.9 cm³/mol. The highest BCUT2D eigenvalue weighted by Gasteiger charge is 1.98. The second-order valence-corrected chi connectivity index (χ2v) is 2.37. The molecule has 0 heterocycles. The molecule has 0 spiro atoms. The van der Waals surface area contributed by atoms with Crippen molar-refractivity contribution < 1.29 is 9.84 Å². The second kappa shape index (κ2) is 2.84. The van der Waals surface area contributed by atoms with Gasteiger partial charge in [-0.25, -0.2) is 0 Å². The van der Waals surface area contributed by atoms with Gasteiger partial charge in [0, 0.05) is 4.90 Å². The summed E-state index contributed by atoms with van der Waals surface area (Å²) in [4.78, 5) is 0.773. The first-order valence-corrected chi connectivity index (χ1v) is 3.24. The lowest BCUT2D eigenvalue weighted by Gasteiger charge is -2.01. The highest BCUT2D eigenvalue weighted by molar-refractivity contribution is 7.80. The van der Waals surface area contributed by atoms with Gasteiger partial charge in [-0.05, 0) is 18.2 Å². The van der Waals surface area contributed by atoms with E-state index in [4.69, 9.17) is 9.84 Å². The SMILES string of the molecule is COc1cc(S)ccc1O. The maximum Gasteiger partial charge on any atom is 0.161 e. The summed E-state index contributed by atoms with van der Waals surface area (Å²) in [5.74, 6) is 0.591. The molecule has 0 unspecified atom stereocenters. The van der Waals surface area contributed by atoms with E-state index < -0.39 is 0 Å². The summed E-state index contributed by atoms with van der Waals surface area (Å²) in [5, 5.41) is 9.08. The van der Waals surface area contributed by atoms with Gasteiger partial charge in [-0.2, -0.15) is 0 Å². The van der Waals surface area contributed by atoms with Crippen LogP contribution in [0.2, 0.25) is 0 Å². The highest BCUT2D eigenvalue weighted by Crippen LogP contribution is 2.27. The number of rotatable bonds is 1. The zero-order valence-electron chi connectivity index (χ0n) is 5.53. The molecule has 0 aliphatic heterocycles. The maximum absolute atomic E-state index is 9.08. The number of phenols is 1. The van der Waals surface area contributed by atoms with Gasteiger partial charge in [-0.15, -0.1) is 12.6 Å². The van der Waals surface area contributed by atoms with Crippen LogP contribution < -0.4 is 4.74 Å². The summed E-state index contributed by atoms with van der Waals surface area (Å²) < 4.78 is 4.83. The molecule has 2 nitrogen and oxygen atoms in total. The molecule has 1 N–H and O–H groups in total. The van der Waals surface area contributed by atoms with Crippen LogP contribution in [-0.2, 0) is 0 Å². The minimum Gasteiger partial charge on any atom is -0.504 e. The summed E-state index contributed by atoms with van der Waals surface area (Å²) >= 11 is 4.06. The minimum atomic E-state index is 0.139. The van der Waals surface area contributed by atoms with Crippen molar-refractivity contribution in [1.29, 1.82) is 0 Å². The standard InChI is InChI=1S/C7H8O2S/c1-9-7-4-5(10)2-3-6(7)8/h2-4,8,10H,1H3. The third kappa shape index (κ3) is 1.36. The van der Waals surface area contributed by atoms with E-state index in [2.05, 4.69) is 12.6 Å². The number of phenolic OH excluding ortho intramolecular Hbond substituents is 1. The quantitative estimate of drug-likeness (QED) is 0.606. The van der Waals surface area contributed by atoms with Crippen LogP contribution in [0.15, 0.2) is 23.1 Å². The summed E-state index contributed by atoms with van der Waals surface area (Å²) in [7, 11) is 1.50. The van der Waals surface area contributed by atoms with Gasteiger partial charge >= 0.3 is 0 Å². The number of hydrogen-bond acceptors (Lipinski definition) is 3. The number of thiol groups is 1. The van der Waals surface area contributed by atoms with E-state index in [1.165, 1.54) is 7.11 Å². The molecule has 0 radical (unpaired) electrons. The predicted octanol–water partition coefficient (Wildman–Crippen LogP) is 1.69. The smallest absolute Gasteiger partial charge is 0.161 e. The molecule has 0 aromatic heterocycles. The number of ether oxygens (including phenoxy) is 1. The molecule has 0 aliphatic rings. The van der Waals surface area contributed by atoms with Crippen molar-refractivity contribution in [2.75, 3.05) is 7.11 Å². The van der Waals surface area contributed by atoms with Gasteiger partial charge in [0.25, 0.3) is 0 Å². The Kier molecular flexibility index (Phi) is 2.06. The maximum atomic E-state index is 9.08. The van der Waals surface area contributed by atoms with Crippen molar-refractivity contribution in [3.63, 3.8) is 0 Å². The molecule has 1 aromatic carbocycles. The summed E-state index contributed by atoms with van der Waals surface area (Å²) in [6.45, 7) is 0. The third-order valence-electron chi connectivity index (χ3n) is 1.16. The molecule has 3 heteroatoms. The lowest BCUT2D eigenvalue weighted by atomic mass is 10.3. The monoisotopic (exact) mass is 156 g/mol. The van der Waals surface area contributed by atoms with Crippen LogP contribution >= 0.6 is 12.6 Å². The van der Waals surface area contributed by atoms with Gasteiger partial charge in [-0.3, -0.25) is 0 Å². The molecule has 1 rings (SSSR count). The van der Waals surface area contributed by atoms with Crippen LogP contribution in [0, 0.1) is 0 Å². The van der Waals surface area contributed by atoms with Crippen molar-refractivity contribution in [3.8, 4) is 11.5 Å². The van der Waals surface area contributed by atoms with Crippen LogP contribution in [0.1, 0.15) is 0 Å². The average Bonchev–Trinajstić information content (AvgIpc) is 1.94. The summed E-state index contributed by atoms with van der Waals surface area (Å²) in [6.07, 6.45) is 0.